The van der Waals surface area contributed by atoms with Gasteiger partial charge in [-0.3, -0.25) is 14.9 Å². The molecule has 0 spiro atoms. The van der Waals surface area contributed by atoms with Crippen LogP contribution in [0.4, 0.5) is 5.69 Å². The van der Waals surface area contributed by atoms with Crippen LogP contribution in [0.1, 0.15) is 10.5 Å². The van der Waals surface area contributed by atoms with Crippen LogP contribution in [0.5, 0.6) is 5.75 Å². The minimum atomic E-state index is -0.699. The van der Waals surface area contributed by atoms with Crippen molar-refractivity contribution in [3.63, 3.8) is 0 Å². The van der Waals surface area contributed by atoms with Crippen molar-refractivity contribution in [3.8, 4) is 5.75 Å². The van der Waals surface area contributed by atoms with Crippen molar-refractivity contribution >= 4 is 12.0 Å². The van der Waals surface area contributed by atoms with Gasteiger partial charge in [-0.1, -0.05) is 0 Å². The average Bonchev–Trinajstić information content (AvgIpc) is 2.16. The van der Waals surface area contributed by atoms with Crippen LogP contribution in [0, 0.1) is 10.1 Å². The first-order valence-electron chi connectivity index (χ1n) is 3.33. The average molecular weight is 182 g/mol. The predicted molar refractivity (Wildman–Crippen MR) is 42.8 cm³/mol. The Morgan fingerprint density at radius 1 is 1.69 bits per heavy atom. The summed E-state index contributed by atoms with van der Waals surface area (Å²) in [6.45, 7) is 0. The standard InChI is InChI=1S/C7H6N2O4/c1-13-6-2-3-8-5(4-10)7(6)9(11)12/h2-4H,1H3. The third kappa shape index (κ3) is 1.61. The molecule has 6 heteroatoms. The van der Waals surface area contributed by atoms with Crippen molar-refractivity contribution in [3.05, 3.63) is 28.1 Å². The molecule has 1 aromatic heterocycles. The van der Waals surface area contributed by atoms with E-state index in [4.69, 9.17) is 4.74 Å². The third-order valence-corrected chi connectivity index (χ3v) is 1.43. The maximum absolute atomic E-state index is 10.5. The fraction of sp³-hybridized carbons (Fsp3) is 0.143. The van der Waals surface area contributed by atoms with Crippen molar-refractivity contribution in [1.29, 1.82) is 0 Å². The van der Waals surface area contributed by atoms with Gasteiger partial charge >= 0.3 is 5.69 Å². The Bertz CT molecular complexity index is 350. The Labute approximate surface area is 73.3 Å². The highest BCUT2D eigenvalue weighted by Gasteiger charge is 2.20. The van der Waals surface area contributed by atoms with E-state index in [9.17, 15) is 14.9 Å². The van der Waals surface area contributed by atoms with Crippen molar-refractivity contribution in [2.45, 2.75) is 0 Å². The SMILES string of the molecule is COc1ccnc(C=O)c1[N+](=O)[O-]. The molecule has 0 saturated carbocycles. The van der Waals surface area contributed by atoms with Gasteiger partial charge < -0.3 is 4.74 Å². The van der Waals surface area contributed by atoms with Crippen molar-refractivity contribution in [2.24, 2.45) is 0 Å². The Kier molecular flexibility index (Phi) is 2.53. The lowest BCUT2D eigenvalue weighted by molar-refractivity contribution is -0.386. The highest BCUT2D eigenvalue weighted by molar-refractivity contribution is 5.80. The monoisotopic (exact) mass is 182 g/mol. The van der Waals surface area contributed by atoms with Crippen LogP contribution in [0.3, 0.4) is 0 Å². The van der Waals surface area contributed by atoms with Crippen molar-refractivity contribution < 1.29 is 14.5 Å². The van der Waals surface area contributed by atoms with E-state index in [2.05, 4.69) is 4.98 Å². The maximum Gasteiger partial charge on any atom is 0.339 e. The lowest BCUT2D eigenvalue weighted by Crippen LogP contribution is -2.00. The minimum absolute atomic E-state index is 0.0297. The van der Waals surface area contributed by atoms with E-state index in [0.717, 1.165) is 0 Å². The molecule has 0 radical (unpaired) electrons. The normalized spacial score (nSPS) is 9.31. The number of nitrogens with zero attached hydrogens (tertiary/aromatic N) is 2. The summed E-state index contributed by atoms with van der Waals surface area (Å²) in [4.78, 5) is 23.7. The van der Waals surface area contributed by atoms with Gasteiger partial charge in [0.25, 0.3) is 0 Å². The third-order valence-electron chi connectivity index (χ3n) is 1.43. The lowest BCUT2D eigenvalue weighted by atomic mass is 10.3. The van der Waals surface area contributed by atoms with Gasteiger partial charge in [0.1, 0.15) is 0 Å². The molecule has 1 rings (SSSR count). The van der Waals surface area contributed by atoms with Crippen LogP contribution in [-0.4, -0.2) is 23.3 Å². The van der Waals surface area contributed by atoms with E-state index >= 15 is 0 Å². The fourth-order valence-corrected chi connectivity index (χ4v) is 0.886. The van der Waals surface area contributed by atoms with Gasteiger partial charge in [0.15, 0.2) is 12.0 Å². The number of ether oxygens (including phenoxy) is 1. The van der Waals surface area contributed by atoms with Crippen LogP contribution in [-0.2, 0) is 0 Å². The lowest BCUT2D eigenvalue weighted by Gasteiger charge is -2.00. The first kappa shape index (κ1) is 9.11. The minimum Gasteiger partial charge on any atom is -0.490 e. The molecule has 0 aliphatic rings. The zero-order valence-electron chi connectivity index (χ0n) is 6.76. The molecular weight excluding hydrogens is 176 g/mol. The number of carbonyl (C=O) groups is 1. The topological polar surface area (TPSA) is 82.3 Å². The number of pyridine rings is 1. The second-order valence-corrected chi connectivity index (χ2v) is 2.12. The predicted octanol–water partition coefficient (Wildman–Crippen LogP) is 0.811. The number of aldehydes is 1. The fourth-order valence-electron chi connectivity index (χ4n) is 0.886. The zero-order valence-corrected chi connectivity index (χ0v) is 6.76. The van der Waals surface area contributed by atoms with Crippen molar-refractivity contribution in [2.75, 3.05) is 7.11 Å². The Morgan fingerprint density at radius 3 is 2.85 bits per heavy atom. The molecule has 0 amide bonds. The van der Waals surface area contributed by atoms with Gasteiger partial charge in [0.05, 0.1) is 12.0 Å². The first-order valence-corrected chi connectivity index (χ1v) is 3.33. The quantitative estimate of drug-likeness (QED) is 0.392. The number of aromatic nitrogens is 1. The van der Waals surface area contributed by atoms with Crippen LogP contribution in [0.25, 0.3) is 0 Å². The molecule has 0 aliphatic heterocycles. The summed E-state index contributed by atoms with van der Waals surface area (Å²) in [5.74, 6) is 0.0297. The van der Waals surface area contributed by atoms with E-state index in [1.807, 2.05) is 0 Å². The molecule has 0 aliphatic carbocycles. The molecular formula is C7H6N2O4. The molecule has 0 unspecified atom stereocenters. The highest BCUT2D eigenvalue weighted by atomic mass is 16.6. The molecule has 0 saturated heterocycles. The molecule has 0 bridgehead atoms. The summed E-state index contributed by atoms with van der Waals surface area (Å²) < 4.78 is 4.71. The first-order chi connectivity index (χ1) is 6.20. The molecule has 0 N–H and O–H groups in total. The van der Waals surface area contributed by atoms with Crippen molar-refractivity contribution in [1.82, 2.24) is 4.98 Å². The van der Waals surface area contributed by atoms with Gasteiger partial charge in [-0.15, -0.1) is 0 Å². The smallest absolute Gasteiger partial charge is 0.339 e. The van der Waals surface area contributed by atoms with Crippen LogP contribution in [0.2, 0.25) is 0 Å². The zero-order chi connectivity index (χ0) is 9.84. The summed E-state index contributed by atoms with van der Waals surface area (Å²) in [7, 11) is 1.29. The molecule has 1 heterocycles. The van der Waals surface area contributed by atoms with Crippen LogP contribution in [0.15, 0.2) is 12.3 Å². The number of rotatable bonds is 3. The van der Waals surface area contributed by atoms with E-state index < -0.39 is 10.6 Å². The molecule has 6 nitrogen and oxygen atoms in total. The van der Waals surface area contributed by atoms with Gasteiger partial charge in [0, 0.05) is 12.3 Å². The number of nitro groups is 1. The van der Waals surface area contributed by atoms with Gasteiger partial charge in [-0.25, -0.2) is 4.98 Å². The van der Waals surface area contributed by atoms with E-state index in [1.54, 1.807) is 0 Å². The molecule has 0 aromatic carbocycles. The largest absolute Gasteiger partial charge is 0.490 e. The van der Waals surface area contributed by atoms with Crippen LogP contribution >= 0.6 is 0 Å². The second-order valence-electron chi connectivity index (χ2n) is 2.12. The molecule has 1 aromatic rings. The maximum atomic E-state index is 10.5. The molecule has 0 atom stereocenters. The van der Waals surface area contributed by atoms with E-state index in [0.29, 0.717) is 6.29 Å². The van der Waals surface area contributed by atoms with E-state index in [1.165, 1.54) is 19.4 Å². The van der Waals surface area contributed by atoms with Gasteiger partial charge in [-0.05, 0) is 0 Å². The number of hydrogen-bond acceptors (Lipinski definition) is 5. The second kappa shape index (κ2) is 3.61. The summed E-state index contributed by atoms with van der Waals surface area (Å²) in [5.41, 5.74) is -0.635. The van der Waals surface area contributed by atoms with Crippen LogP contribution < -0.4 is 4.74 Å². The summed E-state index contributed by atoms with van der Waals surface area (Å²) in [6.07, 6.45) is 1.59. The number of hydrogen-bond donors (Lipinski definition) is 0. The Morgan fingerprint density at radius 2 is 2.38 bits per heavy atom. The number of carbonyl (C=O) groups excluding carboxylic acids is 1. The molecule has 0 fully saturated rings. The van der Waals surface area contributed by atoms with Gasteiger partial charge in [0.2, 0.25) is 5.75 Å². The highest BCUT2D eigenvalue weighted by Crippen LogP contribution is 2.27. The van der Waals surface area contributed by atoms with E-state index in [-0.39, 0.29) is 11.4 Å². The molecule has 13 heavy (non-hydrogen) atoms. The summed E-state index contributed by atoms with van der Waals surface area (Å²) in [5, 5.41) is 10.5. The Hall–Kier alpha value is -1.98. The summed E-state index contributed by atoms with van der Waals surface area (Å²) >= 11 is 0. The number of methoxy groups -OCH3 is 1. The summed E-state index contributed by atoms with van der Waals surface area (Å²) in [6, 6.07) is 1.32. The van der Waals surface area contributed by atoms with Gasteiger partial charge in [-0.2, -0.15) is 0 Å². The molecule has 68 valence electrons. The Balaban J connectivity index is 3.38.